The molecule has 0 unspecified atom stereocenters. The molecule has 0 heterocycles. The minimum Gasteiger partial charge on any atom is -0.404 e. The highest BCUT2D eigenvalue weighted by atomic mass is 35.5. The van der Waals surface area contributed by atoms with Crippen LogP contribution in [0.25, 0.3) is 0 Å². The molecule has 7 heteroatoms. The van der Waals surface area contributed by atoms with E-state index in [0.717, 1.165) is 12.1 Å². The molecule has 1 rings (SSSR count). The molecule has 0 N–H and O–H groups in total. The number of carbonyl (C=O) groups excluding carboxylic acids is 1. The normalized spacial score (nSPS) is 10.8. The molecule has 1 aromatic rings. The molecule has 0 radical (unpaired) electrons. The summed E-state index contributed by atoms with van der Waals surface area (Å²) in [7, 11) is 0. The van der Waals surface area contributed by atoms with E-state index in [9.17, 15) is 18.0 Å². The predicted molar refractivity (Wildman–Crippen MR) is 52.9 cm³/mol. The fraction of sp³-hybridized carbons (Fsp3) is 0.200. The third-order valence-corrected chi connectivity index (χ3v) is 2.01. The number of nitriles is 1. The van der Waals surface area contributed by atoms with E-state index in [1.807, 2.05) is 0 Å². The second-order valence-corrected chi connectivity index (χ2v) is 3.19. The number of hydrogen-bond acceptors (Lipinski definition) is 3. The molecule has 90 valence electrons. The number of halogens is 4. The molecule has 0 aromatic heterocycles. The van der Waals surface area contributed by atoms with Crippen molar-refractivity contribution in [2.45, 2.75) is 6.36 Å². The SMILES string of the molecule is N#Cc1ccc(C(=O)CCl)cc1OC(F)(F)F. The van der Waals surface area contributed by atoms with Crippen LogP contribution in [-0.4, -0.2) is 18.0 Å². The van der Waals surface area contributed by atoms with Gasteiger partial charge in [-0.15, -0.1) is 24.8 Å². The summed E-state index contributed by atoms with van der Waals surface area (Å²) in [4.78, 5) is 11.2. The Kier molecular flexibility index (Phi) is 3.97. The van der Waals surface area contributed by atoms with Crippen LogP contribution in [0.5, 0.6) is 5.75 Å². The summed E-state index contributed by atoms with van der Waals surface area (Å²) in [5.74, 6) is -1.63. The molecule has 3 nitrogen and oxygen atoms in total. The second kappa shape index (κ2) is 5.06. The van der Waals surface area contributed by atoms with Gasteiger partial charge in [-0.2, -0.15) is 5.26 Å². The zero-order chi connectivity index (χ0) is 13.1. The van der Waals surface area contributed by atoms with Crippen LogP contribution in [0.1, 0.15) is 15.9 Å². The predicted octanol–water partition coefficient (Wildman–Crippen LogP) is 2.88. The number of hydrogen-bond donors (Lipinski definition) is 0. The molecule has 0 saturated heterocycles. The maximum absolute atomic E-state index is 12.0. The molecule has 0 bridgehead atoms. The summed E-state index contributed by atoms with van der Waals surface area (Å²) >= 11 is 5.27. The highest BCUT2D eigenvalue weighted by molar-refractivity contribution is 6.30. The van der Waals surface area contributed by atoms with Gasteiger partial charge in [-0.1, -0.05) is 0 Å². The lowest BCUT2D eigenvalue weighted by atomic mass is 10.1. The van der Waals surface area contributed by atoms with Crippen LogP contribution in [0.2, 0.25) is 0 Å². The number of ketones is 1. The number of rotatable bonds is 3. The van der Waals surface area contributed by atoms with Crippen molar-refractivity contribution in [2.24, 2.45) is 0 Å². The quantitative estimate of drug-likeness (QED) is 0.622. The van der Waals surface area contributed by atoms with Crippen LogP contribution >= 0.6 is 11.6 Å². The van der Waals surface area contributed by atoms with E-state index in [2.05, 4.69) is 4.74 Å². The lowest BCUT2D eigenvalue weighted by Crippen LogP contribution is -2.18. The molecular formula is C10H5ClF3NO2. The van der Waals surface area contributed by atoms with Gasteiger partial charge in [0.25, 0.3) is 0 Å². The molecule has 1 aromatic carbocycles. The molecule has 0 aliphatic rings. The van der Waals surface area contributed by atoms with Crippen molar-refractivity contribution >= 4 is 17.4 Å². The highest BCUT2D eigenvalue weighted by Crippen LogP contribution is 2.27. The van der Waals surface area contributed by atoms with E-state index in [1.165, 1.54) is 12.1 Å². The Bertz CT molecular complexity index is 479. The third-order valence-electron chi connectivity index (χ3n) is 1.77. The van der Waals surface area contributed by atoms with Crippen LogP contribution in [-0.2, 0) is 0 Å². The Morgan fingerprint density at radius 2 is 2.12 bits per heavy atom. The van der Waals surface area contributed by atoms with E-state index >= 15 is 0 Å². The van der Waals surface area contributed by atoms with Crippen LogP contribution in [0, 0.1) is 11.3 Å². The van der Waals surface area contributed by atoms with Crippen LogP contribution in [0.15, 0.2) is 18.2 Å². The van der Waals surface area contributed by atoms with E-state index in [1.54, 1.807) is 0 Å². The second-order valence-electron chi connectivity index (χ2n) is 2.93. The minimum atomic E-state index is -4.92. The van der Waals surface area contributed by atoms with Crippen LogP contribution < -0.4 is 4.74 Å². The summed E-state index contributed by atoms with van der Waals surface area (Å²) in [6.07, 6.45) is -4.92. The monoisotopic (exact) mass is 263 g/mol. The van der Waals surface area contributed by atoms with E-state index < -0.39 is 17.9 Å². The van der Waals surface area contributed by atoms with Gasteiger partial charge in [0.05, 0.1) is 11.4 Å². The van der Waals surface area contributed by atoms with Gasteiger partial charge < -0.3 is 4.74 Å². The Balaban J connectivity index is 3.17. The molecule has 0 amide bonds. The van der Waals surface area contributed by atoms with Crippen molar-refractivity contribution in [1.29, 1.82) is 5.26 Å². The lowest BCUT2D eigenvalue weighted by Gasteiger charge is -2.10. The van der Waals surface area contributed by atoms with Gasteiger partial charge in [-0.25, -0.2) is 0 Å². The molecule has 0 aliphatic carbocycles. The highest BCUT2D eigenvalue weighted by Gasteiger charge is 2.32. The van der Waals surface area contributed by atoms with Crippen LogP contribution in [0.4, 0.5) is 13.2 Å². The number of ether oxygens (including phenoxy) is 1. The Hall–Kier alpha value is -1.74. The van der Waals surface area contributed by atoms with E-state index in [-0.39, 0.29) is 17.0 Å². The van der Waals surface area contributed by atoms with E-state index in [4.69, 9.17) is 16.9 Å². The van der Waals surface area contributed by atoms with Crippen molar-refractivity contribution in [3.8, 4) is 11.8 Å². The smallest absolute Gasteiger partial charge is 0.404 e. The van der Waals surface area contributed by atoms with Crippen molar-refractivity contribution in [1.82, 2.24) is 0 Å². The first-order valence-electron chi connectivity index (χ1n) is 4.26. The van der Waals surface area contributed by atoms with Gasteiger partial charge in [-0.05, 0) is 18.2 Å². The molecule has 0 fully saturated rings. The average Bonchev–Trinajstić information content (AvgIpc) is 2.25. The number of nitrogens with zero attached hydrogens (tertiary/aromatic N) is 1. The molecule has 0 atom stereocenters. The van der Waals surface area contributed by atoms with E-state index in [0.29, 0.717) is 0 Å². The molecular weight excluding hydrogens is 259 g/mol. The zero-order valence-electron chi connectivity index (χ0n) is 8.21. The third kappa shape index (κ3) is 3.64. The van der Waals surface area contributed by atoms with Gasteiger partial charge in [0, 0.05) is 5.56 Å². The molecule has 0 spiro atoms. The standard InChI is InChI=1S/C10H5ClF3NO2/c11-4-8(16)6-1-2-7(5-15)9(3-6)17-10(12,13)14/h1-3H,4H2. The largest absolute Gasteiger partial charge is 0.573 e. The lowest BCUT2D eigenvalue weighted by molar-refractivity contribution is -0.274. The number of carbonyl (C=O) groups is 1. The maximum atomic E-state index is 12.0. The van der Waals surface area contributed by atoms with Crippen molar-refractivity contribution in [3.63, 3.8) is 0 Å². The first-order chi connectivity index (χ1) is 7.87. The Morgan fingerprint density at radius 1 is 1.47 bits per heavy atom. The molecule has 17 heavy (non-hydrogen) atoms. The molecule has 0 saturated carbocycles. The first-order valence-corrected chi connectivity index (χ1v) is 4.80. The van der Waals surface area contributed by atoms with Crippen LogP contribution in [0.3, 0.4) is 0 Å². The Labute approximate surface area is 99.4 Å². The first kappa shape index (κ1) is 13.3. The summed E-state index contributed by atoms with van der Waals surface area (Å²) in [5.41, 5.74) is -0.355. The van der Waals surface area contributed by atoms with Gasteiger partial charge in [-0.3, -0.25) is 4.79 Å². The minimum absolute atomic E-state index is 0.0433. The van der Waals surface area contributed by atoms with Crippen molar-refractivity contribution < 1.29 is 22.7 Å². The number of alkyl halides is 4. The maximum Gasteiger partial charge on any atom is 0.573 e. The Morgan fingerprint density at radius 3 is 2.59 bits per heavy atom. The fourth-order valence-corrected chi connectivity index (χ4v) is 1.23. The summed E-state index contributed by atoms with van der Waals surface area (Å²) in [5, 5.41) is 8.59. The van der Waals surface area contributed by atoms with Crippen molar-refractivity contribution in [3.05, 3.63) is 29.3 Å². The average molecular weight is 264 g/mol. The number of benzene rings is 1. The fourth-order valence-electron chi connectivity index (χ4n) is 1.07. The zero-order valence-corrected chi connectivity index (χ0v) is 8.97. The van der Waals surface area contributed by atoms with Crippen molar-refractivity contribution in [2.75, 3.05) is 5.88 Å². The summed E-state index contributed by atoms with van der Waals surface area (Å²) in [6, 6.07) is 4.66. The summed E-state index contributed by atoms with van der Waals surface area (Å²) in [6.45, 7) is 0. The number of Topliss-reactive ketones (excluding diaryl/α,β-unsaturated/α-hetero) is 1. The molecule has 0 aliphatic heterocycles. The summed E-state index contributed by atoms with van der Waals surface area (Å²) < 4.78 is 39.7. The van der Waals surface area contributed by atoms with Gasteiger partial charge in [0.1, 0.15) is 11.8 Å². The van der Waals surface area contributed by atoms with Gasteiger partial charge >= 0.3 is 6.36 Å². The van der Waals surface area contributed by atoms with Gasteiger partial charge in [0.2, 0.25) is 0 Å². The van der Waals surface area contributed by atoms with Gasteiger partial charge in [0.15, 0.2) is 5.78 Å². The topological polar surface area (TPSA) is 50.1 Å².